The van der Waals surface area contributed by atoms with Crippen LogP contribution in [0.2, 0.25) is 0 Å². The minimum atomic E-state index is -0.236. The lowest BCUT2D eigenvalue weighted by molar-refractivity contribution is 0.197. The first-order chi connectivity index (χ1) is 11.2. The van der Waals surface area contributed by atoms with Crippen LogP contribution in [0.15, 0.2) is 27.7 Å². The van der Waals surface area contributed by atoms with Crippen molar-refractivity contribution in [2.24, 2.45) is 4.99 Å². The molecule has 1 aromatic carbocycles. The predicted molar refractivity (Wildman–Crippen MR) is 110 cm³/mol. The van der Waals surface area contributed by atoms with E-state index in [4.69, 9.17) is 0 Å². The second kappa shape index (κ2) is 9.33. The number of rotatable bonds is 4. The summed E-state index contributed by atoms with van der Waals surface area (Å²) in [5.41, 5.74) is 0.900. The van der Waals surface area contributed by atoms with E-state index in [9.17, 15) is 4.39 Å². The number of likely N-dealkylation sites (tertiary alicyclic amines) is 1. The van der Waals surface area contributed by atoms with E-state index < -0.39 is 0 Å². The SMILES string of the molecule is CN=C(NCc1ccc(Br)c(F)c1)NC1CCN(C2CC2)CC1.I. The van der Waals surface area contributed by atoms with Gasteiger partial charge in [-0.2, -0.15) is 0 Å². The molecule has 1 saturated carbocycles. The molecule has 1 aliphatic carbocycles. The Hall–Kier alpha value is -0.410. The first kappa shape index (κ1) is 19.9. The third-order valence-corrected chi connectivity index (χ3v) is 5.24. The molecule has 4 nitrogen and oxygen atoms in total. The maximum absolute atomic E-state index is 13.5. The van der Waals surface area contributed by atoms with Crippen molar-refractivity contribution in [3.05, 3.63) is 34.1 Å². The molecule has 0 atom stereocenters. The lowest BCUT2D eigenvalue weighted by Gasteiger charge is -2.33. The van der Waals surface area contributed by atoms with Crippen LogP contribution in [-0.4, -0.2) is 43.1 Å². The highest BCUT2D eigenvalue weighted by atomic mass is 127. The summed E-state index contributed by atoms with van der Waals surface area (Å²) in [6, 6.07) is 6.51. The number of aliphatic imine (C=N–C) groups is 1. The van der Waals surface area contributed by atoms with Gasteiger partial charge in [0.15, 0.2) is 5.96 Å². The number of guanidine groups is 1. The van der Waals surface area contributed by atoms with Crippen LogP contribution in [0.4, 0.5) is 4.39 Å². The average Bonchev–Trinajstić information content (AvgIpc) is 3.40. The summed E-state index contributed by atoms with van der Waals surface area (Å²) in [7, 11) is 1.77. The zero-order chi connectivity index (χ0) is 16.2. The zero-order valence-electron chi connectivity index (χ0n) is 13.9. The van der Waals surface area contributed by atoms with Crippen LogP contribution in [0, 0.1) is 5.82 Å². The van der Waals surface area contributed by atoms with E-state index in [0.717, 1.165) is 30.4 Å². The summed E-state index contributed by atoms with van der Waals surface area (Å²) in [5, 5.41) is 6.76. The molecule has 1 aromatic rings. The molecule has 1 heterocycles. The third kappa shape index (κ3) is 5.56. The Morgan fingerprint density at radius 3 is 2.58 bits per heavy atom. The molecule has 24 heavy (non-hydrogen) atoms. The van der Waals surface area contributed by atoms with Gasteiger partial charge in [0, 0.05) is 38.8 Å². The van der Waals surface area contributed by atoms with Crippen LogP contribution in [0.3, 0.4) is 0 Å². The van der Waals surface area contributed by atoms with Gasteiger partial charge in [-0.1, -0.05) is 6.07 Å². The first-order valence-electron chi connectivity index (χ1n) is 8.31. The lowest BCUT2D eigenvalue weighted by Crippen LogP contribution is -2.48. The van der Waals surface area contributed by atoms with Crippen molar-refractivity contribution in [1.82, 2.24) is 15.5 Å². The number of hydrogen-bond donors (Lipinski definition) is 2. The summed E-state index contributed by atoms with van der Waals surface area (Å²) in [5.74, 6) is 0.554. The van der Waals surface area contributed by atoms with Crippen LogP contribution < -0.4 is 10.6 Å². The molecule has 7 heteroatoms. The standard InChI is InChI=1S/C17H24BrFN4.HI/c1-20-17(21-11-12-2-5-15(18)16(19)10-12)22-13-6-8-23(9-7-13)14-3-4-14;/h2,5,10,13-14H,3-4,6-9,11H2,1H3,(H2,20,21,22);1H. The third-order valence-electron chi connectivity index (χ3n) is 4.60. The molecule has 0 amide bonds. The number of hydrogen-bond acceptors (Lipinski definition) is 2. The predicted octanol–water partition coefficient (Wildman–Crippen LogP) is 3.50. The fourth-order valence-electron chi connectivity index (χ4n) is 3.07. The van der Waals surface area contributed by atoms with E-state index in [1.54, 1.807) is 19.2 Å². The average molecular weight is 511 g/mol. The minimum Gasteiger partial charge on any atom is -0.354 e. The highest BCUT2D eigenvalue weighted by molar-refractivity contribution is 14.0. The summed E-state index contributed by atoms with van der Waals surface area (Å²) in [6.45, 7) is 2.92. The smallest absolute Gasteiger partial charge is 0.191 e. The highest BCUT2D eigenvalue weighted by Crippen LogP contribution is 2.29. The van der Waals surface area contributed by atoms with E-state index in [1.165, 1.54) is 25.9 Å². The van der Waals surface area contributed by atoms with Crippen molar-refractivity contribution >= 4 is 45.9 Å². The molecule has 0 spiro atoms. The Bertz CT molecular complexity index is 572. The first-order valence-corrected chi connectivity index (χ1v) is 9.10. The van der Waals surface area contributed by atoms with Crippen molar-refractivity contribution in [1.29, 1.82) is 0 Å². The Balaban J connectivity index is 0.00000208. The highest BCUT2D eigenvalue weighted by Gasteiger charge is 2.31. The second-order valence-electron chi connectivity index (χ2n) is 6.36. The van der Waals surface area contributed by atoms with Crippen molar-refractivity contribution in [3.8, 4) is 0 Å². The molecule has 0 unspecified atom stereocenters. The molecule has 1 aliphatic heterocycles. The largest absolute Gasteiger partial charge is 0.354 e. The minimum absolute atomic E-state index is 0. The Morgan fingerprint density at radius 2 is 2.00 bits per heavy atom. The van der Waals surface area contributed by atoms with Crippen LogP contribution in [-0.2, 0) is 6.54 Å². The van der Waals surface area contributed by atoms with Gasteiger partial charge in [0.05, 0.1) is 4.47 Å². The van der Waals surface area contributed by atoms with E-state index in [-0.39, 0.29) is 29.8 Å². The van der Waals surface area contributed by atoms with Gasteiger partial charge >= 0.3 is 0 Å². The lowest BCUT2D eigenvalue weighted by atomic mass is 10.1. The molecule has 2 N–H and O–H groups in total. The topological polar surface area (TPSA) is 39.7 Å². The quantitative estimate of drug-likeness (QED) is 0.370. The maximum atomic E-state index is 13.5. The number of halogens is 3. The Kier molecular flexibility index (Phi) is 7.74. The molecule has 0 bridgehead atoms. The number of piperidine rings is 1. The maximum Gasteiger partial charge on any atom is 0.191 e. The number of benzene rings is 1. The van der Waals surface area contributed by atoms with Crippen molar-refractivity contribution in [2.45, 2.75) is 44.3 Å². The molecule has 1 saturated heterocycles. The van der Waals surface area contributed by atoms with Crippen molar-refractivity contribution < 1.29 is 4.39 Å². The van der Waals surface area contributed by atoms with Crippen molar-refractivity contribution in [2.75, 3.05) is 20.1 Å². The van der Waals surface area contributed by atoms with Gasteiger partial charge in [-0.3, -0.25) is 4.99 Å². The monoisotopic (exact) mass is 510 g/mol. The van der Waals surface area contributed by atoms with Crippen LogP contribution in [0.25, 0.3) is 0 Å². The van der Waals surface area contributed by atoms with Crippen LogP contribution in [0.1, 0.15) is 31.2 Å². The van der Waals surface area contributed by atoms with Gasteiger partial charge in [-0.15, -0.1) is 24.0 Å². The summed E-state index contributed by atoms with van der Waals surface area (Å²) >= 11 is 3.17. The normalized spacial score (nSPS) is 19.7. The molecular weight excluding hydrogens is 486 g/mol. The second-order valence-corrected chi connectivity index (χ2v) is 7.21. The molecule has 3 rings (SSSR count). The van der Waals surface area contributed by atoms with Gasteiger partial charge in [-0.25, -0.2) is 4.39 Å². The van der Waals surface area contributed by atoms with Crippen molar-refractivity contribution in [3.63, 3.8) is 0 Å². The van der Waals surface area contributed by atoms with Crippen LogP contribution in [0.5, 0.6) is 0 Å². The molecular formula is C17H25BrFIN4. The number of nitrogens with zero attached hydrogens (tertiary/aromatic N) is 2. The van der Waals surface area contributed by atoms with Gasteiger partial charge < -0.3 is 15.5 Å². The van der Waals surface area contributed by atoms with Gasteiger partial charge in [0.25, 0.3) is 0 Å². The summed E-state index contributed by atoms with van der Waals surface area (Å²) in [4.78, 5) is 6.89. The van der Waals surface area contributed by atoms with E-state index in [1.807, 2.05) is 6.07 Å². The van der Waals surface area contributed by atoms with Crippen LogP contribution >= 0.6 is 39.9 Å². The summed E-state index contributed by atoms with van der Waals surface area (Å²) < 4.78 is 14.0. The van der Waals surface area contributed by atoms with Gasteiger partial charge in [0.1, 0.15) is 5.82 Å². The van der Waals surface area contributed by atoms with E-state index in [0.29, 0.717) is 17.1 Å². The van der Waals surface area contributed by atoms with Gasteiger partial charge in [-0.05, 0) is 59.3 Å². The fourth-order valence-corrected chi connectivity index (χ4v) is 3.32. The number of nitrogens with one attached hydrogen (secondary N) is 2. The van der Waals surface area contributed by atoms with E-state index in [2.05, 4.69) is 36.5 Å². The molecule has 0 aromatic heterocycles. The fraction of sp³-hybridized carbons (Fsp3) is 0.588. The Morgan fingerprint density at radius 1 is 1.29 bits per heavy atom. The Labute approximate surface area is 168 Å². The summed E-state index contributed by atoms with van der Waals surface area (Å²) in [6.07, 6.45) is 5.07. The van der Waals surface area contributed by atoms with E-state index >= 15 is 0 Å². The molecule has 2 fully saturated rings. The van der Waals surface area contributed by atoms with Gasteiger partial charge in [0.2, 0.25) is 0 Å². The molecule has 0 radical (unpaired) electrons. The molecule has 134 valence electrons. The molecule has 2 aliphatic rings. The zero-order valence-corrected chi connectivity index (χ0v) is 17.8.